The number of imide groups is 1. The van der Waals surface area contributed by atoms with Crippen molar-refractivity contribution in [2.45, 2.75) is 6.92 Å². The molecular weight excluding hydrogens is 312 g/mol. The average molecular weight is 324 g/mol. The van der Waals surface area contributed by atoms with E-state index in [4.69, 9.17) is 5.41 Å². The number of anilines is 2. The smallest absolute Gasteiger partial charge is 0.279 e. The summed E-state index contributed by atoms with van der Waals surface area (Å²) in [5.74, 6) is -1.46. The molecule has 0 spiro atoms. The predicted molar refractivity (Wildman–Crippen MR) is 87.4 cm³/mol. The Morgan fingerprint density at radius 1 is 1.04 bits per heavy atom. The summed E-state index contributed by atoms with van der Waals surface area (Å²) in [5.41, 5.74) is 0.493. The largest absolute Gasteiger partial charge is 0.342 e. The molecule has 8 heteroatoms. The van der Waals surface area contributed by atoms with Gasteiger partial charge in [0, 0.05) is 6.07 Å². The molecule has 24 heavy (non-hydrogen) atoms. The molecule has 3 rings (SSSR count). The lowest BCUT2D eigenvalue weighted by atomic mass is 10.2. The van der Waals surface area contributed by atoms with Gasteiger partial charge in [-0.15, -0.1) is 0 Å². The van der Waals surface area contributed by atoms with Crippen LogP contribution >= 0.6 is 0 Å². The molecule has 0 unspecified atom stereocenters. The summed E-state index contributed by atoms with van der Waals surface area (Å²) >= 11 is 0. The lowest BCUT2D eigenvalue weighted by Gasteiger charge is -2.16. The van der Waals surface area contributed by atoms with Crippen molar-refractivity contribution in [1.29, 1.82) is 5.41 Å². The number of hydrogen-bond acceptors (Lipinski definition) is 5. The highest BCUT2D eigenvalue weighted by Crippen LogP contribution is 2.34. The van der Waals surface area contributed by atoms with E-state index in [9.17, 15) is 19.7 Å². The highest BCUT2D eigenvalue weighted by atomic mass is 16.6. The summed E-state index contributed by atoms with van der Waals surface area (Å²) in [5, 5.41) is 19.2. The number of nitrogens with one attached hydrogen (secondary N) is 1. The lowest BCUT2D eigenvalue weighted by Crippen LogP contribution is -2.33. The zero-order valence-corrected chi connectivity index (χ0v) is 12.6. The molecule has 1 aliphatic rings. The first-order valence-corrected chi connectivity index (χ1v) is 6.99. The Hall–Kier alpha value is -3.55. The Bertz CT molecular complexity index is 879. The van der Waals surface area contributed by atoms with Gasteiger partial charge < -0.3 is 0 Å². The normalized spacial score (nSPS) is 14.5. The van der Waals surface area contributed by atoms with Crippen LogP contribution < -0.4 is 9.80 Å². The van der Waals surface area contributed by atoms with Crippen LogP contribution in [0.3, 0.4) is 0 Å². The van der Waals surface area contributed by atoms with E-state index in [2.05, 4.69) is 0 Å². The van der Waals surface area contributed by atoms with E-state index in [1.807, 2.05) is 0 Å². The summed E-state index contributed by atoms with van der Waals surface area (Å²) in [7, 11) is 0. The summed E-state index contributed by atoms with van der Waals surface area (Å²) in [6.07, 6.45) is 0. The second-order valence-electron chi connectivity index (χ2n) is 5.19. The number of hydrogen-bond donors (Lipinski definition) is 1. The van der Waals surface area contributed by atoms with E-state index < -0.39 is 22.7 Å². The third kappa shape index (κ3) is 2.30. The van der Waals surface area contributed by atoms with Gasteiger partial charge in [-0.2, -0.15) is 0 Å². The number of aryl methyl sites for hydroxylation is 1. The van der Waals surface area contributed by atoms with Gasteiger partial charge in [-0.25, -0.2) is 14.6 Å². The van der Waals surface area contributed by atoms with Gasteiger partial charge in [-0.05, 0) is 30.7 Å². The topological polar surface area (TPSA) is 108 Å². The van der Waals surface area contributed by atoms with Crippen molar-refractivity contribution >= 4 is 34.8 Å². The van der Waals surface area contributed by atoms with E-state index >= 15 is 0 Å². The standard InChI is InChI=1S/C16H12N4O4/c1-10-7-8-12(13(9-10)20(23)24)19-14(17)15(21)18(16(19)22)11-5-3-2-4-6-11/h2-9,17H,1H3. The van der Waals surface area contributed by atoms with Crippen LogP contribution in [-0.2, 0) is 4.79 Å². The zero-order valence-electron chi connectivity index (χ0n) is 12.6. The van der Waals surface area contributed by atoms with Crippen molar-refractivity contribution in [3.05, 3.63) is 64.2 Å². The maximum atomic E-state index is 12.7. The molecular formula is C16H12N4O4. The summed E-state index contributed by atoms with van der Waals surface area (Å²) in [6, 6.07) is 11.6. The molecule has 2 aromatic rings. The minimum absolute atomic E-state index is 0.104. The number of carbonyl (C=O) groups excluding carboxylic acids is 2. The zero-order chi connectivity index (χ0) is 17.4. The molecule has 0 radical (unpaired) electrons. The Morgan fingerprint density at radius 3 is 2.33 bits per heavy atom. The molecule has 0 aliphatic carbocycles. The fourth-order valence-corrected chi connectivity index (χ4v) is 2.48. The maximum Gasteiger partial charge on any atom is 0.342 e. The molecule has 0 atom stereocenters. The molecule has 1 saturated heterocycles. The van der Waals surface area contributed by atoms with Crippen molar-refractivity contribution < 1.29 is 14.5 Å². The minimum Gasteiger partial charge on any atom is -0.279 e. The molecule has 0 bridgehead atoms. The van der Waals surface area contributed by atoms with Crippen LogP contribution in [0.25, 0.3) is 0 Å². The van der Waals surface area contributed by atoms with Crippen LogP contribution in [0.2, 0.25) is 0 Å². The van der Waals surface area contributed by atoms with Crippen LogP contribution in [-0.4, -0.2) is 22.7 Å². The number of amidine groups is 1. The monoisotopic (exact) mass is 324 g/mol. The van der Waals surface area contributed by atoms with E-state index in [-0.39, 0.29) is 11.4 Å². The van der Waals surface area contributed by atoms with E-state index in [0.717, 1.165) is 9.80 Å². The molecule has 0 saturated carbocycles. The van der Waals surface area contributed by atoms with Crippen molar-refractivity contribution in [1.82, 2.24) is 0 Å². The highest BCUT2D eigenvalue weighted by Gasteiger charge is 2.45. The van der Waals surface area contributed by atoms with Gasteiger partial charge in [0.05, 0.1) is 10.6 Å². The molecule has 1 aliphatic heterocycles. The third-order valence-electron chi connectivity index (χ3n) is 3.59. The Labute approximate surface area is 136 Å². The summed E-state index contributed by atoms with van der Waals surface area (Å²) in [4.78, 5) is 37.2. The van der Waals surface area contributed by atoms with Crippen molar-refractivity contribution in [3.63, 3.8) is 0 Å². The number of rotatable bonds is 3. The van der Waals surface area contributed by atoms with Crippen molar-refractivity contribution in [3.8, 4) is 0 Å². The number of nitrogens with zero attached hydrogens (tertiary/aromatic N) is 3. The molecule has 3 amide bonds. The van der Waals surface area contributed by atoms with E-state index in [1.54, 1.807) is 43.3 Å². The molecule has 120 valence electrons. The number of carbonyl (C=O) groups is 2. The summed E-state index contributed by atoms with van der Waals surface area (Å²) in [6.45, 7) is 1.68. The van der Waals surface area contributed by atoms with Crippen molar-refractivity contribution in [2.24, 2.45) is 0 Å². The van der Waals surface area contributed by atoms with Gasteiger partial charge in [0.1, 0.15) is 5.69 Å². The van der Waals surface area contributed by atoms with Gasteiger partial charge in [0.2, 0.25) is 5.84 Å². The Balaban J connectivity index is 2.11. The maximum absolute atomic E-state index is 12.7. The van der Waals surface area contributed by atoms with E-state index in [0.29, 0.717) is 11.3 Å². The average Bonchev–Trinajstić information content (AvgIpc) is 2.78. The number of para-hydroxylation sites is 1. The molecule has 1 fully saturated rings. The highest BCUT2D eigenvalue weighted by molar-refractivity contribution is 6.61. The number of nitro groups is 1. The molecule has 2 aromatic carbocycles. The van der Waals surface area contributed by atoms with Crippen LogP contribution in [0.15, 0.2) is 48.5 Å². The SMILES string of the molecule is Cc1ccc(N2C(=N)C(=O)N(c3ccccc3)C2=O)c([N+](=O)[O-])c1. The number of benzene rings is 2. The molecule has 0 aromatic heterocycles. The fourth-order valence-electron chi connectivity index (χ4n) is 2.48. The number of urea groups is 1. The Morgan fingerprint density at radius 2 is 1.71 bits per heavy atom. The second kappa shape index (κ2) is 5.58. The molecule has 1 N–H and O–H groups in total. The van der Waals surface area contributed by atoms with E-state index in [1.165, 1.54) is 12.1 Å². The first kappa shape index (κ1) is 15.3. The number of nitro benzene ring substituents is 1. The summed E-state index contributed by atoms with van der Waals surface area (Å²) < 4.78 is 0. The van der Waals surface area contributed by atoms with Gasteiger partial charge in [0.15, 0.2) is 0 Å². The second-order valence-corrected chi connectivity index (χ2v) is 5.19. The van der Waals surface area contributed by atoms with Crippen LogP contribution in [0.4, 0.5) is 21.9 Å². The minimum atomic E-state index is -0.832. The van der Waals surface area contributed by atoms with Gasteiger partial charge in [0.25, 0.3) is 5.69 Å². The Kier molecular flexibility index (Phi) is 3.57. The van der Waals surface area contributed by atoms with Gasteiger partial charge in [-0.3, -0.25) is 20.3 Å². The predicted octanol–water partition coefficient (Wildman–Crippen LogP) is 2.85. The van der Waals surface area contributed by atoms with Gasteiger partial charge >= 0.3 is 11.9 Å². The van der Waals surface area contributed by atoms with Crippen LogP contribution in [0.5, 0.6) is 0 Å². The first-order valence-electron chi connectivity index (χ1n) is 6.99. The van der Waals surface area contributed by atoms with Crippen molar-refractivity contribution in [2.75, 3.05) is 9.80 Å². The van der Waals surface area contributed by atoms with Crippen LogP contribution in [0.1, 0.15) is 5.56 Å². The lowest BCUT2D eigenvalue weighted by molar-refractivity contribution is -0.384. The quantitative estimate of drug-likeness (QED) is 0.532. The number of amides is 3. The fraction of sp³-hybridized carbons (Fsp3) is 0.0625. The van der Waals surface area contributed by atoms with Gasteiger partial charge in [-0.1, -0.05) is 24.3 Å². The van der Waals surface area contributed by atoms with Crippen LogP contribution in [0, 0.1) is 22.4 Å². The molecule has 1 heterocycles. The molecule has 8 nitrogen and oxygen atoms in total. The first-order chi connectivity index (χ1) is 11.4. The third-order valence-corrected chi connectivity index (χ3v) is 3.59.